The van der Waals surface area contributed by atoms with E-state index in [2.05, 4.69) is 40.4 Å². The number of rotatable bonds is 5. The maximum Gasteiger partial charge on any atom is 0.264 e. The third kappa shape index (κ3) is 7.30. The number of anilines is 2. The van der Waals surface area contributed by atoms with Gasteiger partial charge in [0.15, 0.2) is 0 Å². The third-order valence-corrected chi connectivity index (χ3v) is 11.6. The molecule has 4 bridgehead atoms. The number of sulfonamides is 1. The Hall–Kier alpha value is -4.55. The van der Waals surface area contributed by atoms with E-state index in [1.165, 1.54) is 12.1 Å². The molecule has 1 amide bonds. The fourth-order valence-corrected chi connectivity index (χ4v) is 8.58. The fraction of sp³-hybridized carbons (Fsp3) is 0.436. The van der Waals surface area contributed by atoms with Crippen molar-refractivity contribution in [3.63, 3.8) is 0 Å². The number of aromatic nitrogens is 3. The number of aryl methyl sites for hydroxylation is 2. The summed E-state index contributed by atoms with van der Waals surface area (Å²) in [5, 5.41) is 0. The summed E-state index contributed by atoms with van der Waals surface area (Å²) in [7, 11) is -4.17. The molecule has 1 atom stereocenters. The van der Waals surface area contributed by atoms with Crippen molar-refractivity contribution in [2.75, 3.05) is 36.0 Å². The summed E-state index contributed by atoms with van der Waals surface area (Å²) in [6.45, 7) is 13.1. The quantitative estimate of drug-likeness (QED) is 0.245. The van der Waals surface area contributed by atoms with Crippen molar-refractivity contribution in [2.24, 2.45) is 5.41 Å². The number of nitrogens with one attached hydrogen (secondary N) is 1. The molecule has 2 saturated heterocycles. The normalized spacial score (nSPS) is 19.9. The number of fused-ring (bicyclic) bond motifs is 4. The molecule has 268 valence electrons. The number of carbonyl (C=O) groups excluding carboxylic acids is 1. The highest BCUT2D eigenvalue weighted by atomic mass is 32.2. The highest BCUT2D eigenvalue weighted by molar-refractivity contribution is 7.92. The number of ether oxygens (including phenoxy) is 2. The molecule has 2 aromatic carbocycles. The Morgan fingerprint density at radius 2 is 1.65 bits per heavy atom. The standard InChI is InChI=1S/C39H46N6O5S/c1-26-9-6-10-27(2)35(26)32-22-34-42-37(41-32)43-51(47,48)31-13-7-11-28(21-31)36(46)44(30(25-50-34)23-38(3,4)5)24-29-12-8-14-33(40-29)45-18-15-39(45)16-19-49-20-17-39/h6-14,21-22,30H,15-20,23-25H2,1-5H3,(H,41,42,43)/t30-/m1/s1. The van der Waals surface area contributed by atoms with Crippen LogP contribution in [0.5, 0.6) is 5.88 Å². The monoisotopic (exact) mass is 710 g/mol. The van der Waals surface area contributed by atoms with Crippen molar-refractivity contribution in [2.45, 2.75) is 83.3 Å². The second kappa shape index (κ2) is 13.5. The highest BCUT2D eigenvalue weighted by Gasteiger charge is 2.46. The Kier molecular flexibility index (Phi) is 9.26. The van der Waals surface area contributed by atoms with Crippen molar-refractivity contribution in [3.8, 4) is 17.1 Å². The maximum atomic E-state index is 14.6. The molecule has 51 heavy (non-hydrogen) atoms. The molecule has 0 radical (unpaired) electrons. The van der Waals surface area contributed by atoms with Crippen LogP contribution in [0.25, 0.3) is 11.3 Å². The van der Waals surface area contributed by atoms with E-state index in [0.29, 0.717) is 12.1 Å². The minimum absolute atomic E-state index is 0.0665. The van der Waals surface area contributed by atoms with Crippen molar-refractivity contribution >= 4 is 27.7 Å². The molecule has 3 aliphatic heterocycles. The Morgan fingerprint density at radius 1 is 0.922 bits per heavy atom. The van der Waals surface area contributed by atoms with Gasteiger partial charge in [-0.1, -0.05) is 51.1 Å². The minimum Gasteiger partial charge on any atom is -0.475 e. The molecule has 12 heteroatoms. The van der Waals surface area contributed by atoms with Gasteiger partial charge in [-0.2, -0.15) is 4.98 Å². The fourth-order valence-electron chi connectivity index (χ4n) is 7.60. The molecular formula is C39H46N6O5S. The molecule has 3 aliphatic rings. The first-order valence-electron chi connectivity index (χ1n) is 17.6. The summed E-state index contributed by atoms with van der Waals surface area (Å²) in [5.41, 5.74) is 4.25. The number of benzene rings is 2. The number of carbonyl (C=O) groups is 1. The van der Waals surface area contributed by atoms with Crippen LogP contribution in [0.3, 0.4) is 0 Å². The van der Waals surface area contributed by atoms with Gasteiger partial charge in [0.1, 0.15) is 12.4 Å². The number of hydrogen-bond acceptors (Lipinski definition) is 9. The predicted octanol–water partition coefficient (Wildman–Crippen LogP) is 6.56. The summed E-state index contributed by atoms with van der Waals surface area (Å²) in [5.74, 6) is 0.682. The van der Waals surface area contributed by atoms with E-state index in [-0.39, 0.29) is 52.3 Å². The molecule has 4 aromatic rings. The van der Waals surface area contributed by atoms with Crippen LogP contribution in [-0.4, -0.2) is 72.1 Å². The Labute approximate surface area is 300 Å². The molecule has 1 spiro atoms. The average molecular weight is 711 g/mol. The summed E-state index contributed by atoms with van der Waals surface area (Å²) in [6, 6.07) is 19.4. The van der Waals surface area contributed by atoms with E-state index in [4.69, 9.17) is 14.5 Å². The Morgan fingerprint density at radius 3 is 2.35 bits per heavy atom. The second-order valence-electron chi connectivity index (χ2n) is 15.2. The van der Waals surface area contributed by atoms with Gasteiger partial charge >= 0.3 is 0 Å². The first kappa shape index (κ1) is 34.9. The van der Waals surface area contributed by atoms with Gasteiger partial charge in [0, 0.05) is 42.5 Å². The molecule has 2 fully saturated rings. The molecule has 0 unspecified atom stereocenters. The number of hydrogen-bond donors (Lipinski definition) is 1. The number of pyridine rings is 1. The van der Waals surface area contributed by atoms with Crippen LogP contribution < -0.4 is 14.4 Å². The van der Waals surface area contributed by atoms with Gasteiger partial charge in [-0.3, -0.25) is 4.79 Å². The van der Waals surface area contributed by atoms with Crippen LogP contribution in [0.4, 0.5) is 11.8 Å². The van der Waals surface area contributed by atoms with Gasteiger partial charge in [0.2, 0.25) is 11.8 Å². The van der Waals surface area contributed by atoms with E-state index in [0.717, 1.165) is 67.2 Å². The largest absolute Gasteiger partial charge is 0.475 e. The van der Waals surface area contributed by atoms with Gasteiger partial charge in [0.25, 0.3) is 15.9 Å². The minimum atomic E-state index is -4.17. The molecule has 0 saturated carbocycles. The average Bonchev–Trinajstić information content (AvgIpc) is 3.08. The first-order valence-corrected chi connectivity index (χ1v) is 19.1. The summed E-state index contributed by atoms with van der Waals surface area (Å²) < 4.78 is 42.2. The van der Waals surface area contributed by atoms with Gasteiger partial charge < -0.3 is 19.3 Å². The first-order chi connectivity index (χ1) is 24.3. The molecule has 5 heterocycles. The molecule has 1 N–H and O–H groups in total. The maximum absolute atomic E-state index is 14.6. The molecule has 7 rings (SSSR count). The molecular weight excluding hydrogens is 665 g/mol. The van der Waals surface area contributed by atoms with Crippen molar-refractivity contribution in [3.05, 3.63) is 89.1 Å². The van der Waals surface area contributed by atoms with E-state index in [9.17, 15) is 13.2 Å². The van der Waals surface area contributed by atoms with Crippen LogP contribution in [0.2, 0.25) is 0 Å². The van der Waals surface area contributed by atoms with Crippen molar-refractivity contribution < 1.29 is 22.7 Å². The third-order valence-electron chi connectivity index (χ3n) is 10.2. The van der Waals surface area contributed by atoms with Crippen LogP contribution in [0, 0.1) is 19.3 Å². The lowest BCUT2D eigenvalue weighted by Gasteiger charge is -2.55. The zero-order valence-electron chi connectivity index (χ0n) is 30.0. The van der Waals surface area contributed by atoms with Crippen LogP contribution >= 0.6 is 0 Å². The van der Waals surface area contributed by atoms with E-state index < -0.39 is 16.1 Å². The van der Waals surface area contributed by atoms with Crippen molar-refractivity contribution in [1.29, 1.82) is 0 Å². The molecule has 2 aromatic heterocycles. The van der Waals surface area contributed by atoms with E-state index >= 15 is 0 Å². The zero-order valence-corrected chi connectivity index (χ0v) is 30.8. The van der Waals surface area contributed by atoms with E-state index in [1.54, 1.807) is 23.1 Å². The topological polar surface area (TPSA) is 127 Å². The summed E-state index contributed by atoms with van der Waals surface area (Å²) >= 11 is 0. The van der Waals surface area contributed by atoms with Gasteiger partial charge in [-0.05, 0) is 86.4 Å². The van der Waals surface area contributed by atoms with Gasteiger partial charge in [0.05, 0.1) is 28.9 Å². The molecule has 0 aliphatic carbocycles. The zero-order chi connectivity index (χ0) is 36.0. The van der Waals surface area contributed by atoms with Gasteiger partial charge in [-0.25, -0.2) is 23.1 Å². The lowest BCUT2D eigenvalue weighted by molar-refractivity contribution is 0.0284. The SMILES string of the molecule is Cc1cccc(C)c1-c1cc2nc(n1)NS(=O)(=O)c1cccc(c1)C(=O)N(Cc1cccc(N3CCC34CCOCC4)n1)[C@H](CC(C)(C)C)CO2. The predicted molar refractivity (Wildman–Crippen MR) is 196 cm³/mol. The van der Waals surface area contributed by atoms with Crippen LogP contribution in [0.1, 0.15) is 73.6 Å². The molecule has 11 nitrogen and oxygen atoms in total. The van der Waals surface area contributed by atoms with Gasteiger partial charge in [-0.15, -0.1) is 0 Å². The second-order valence-corrected chi connectivity index (χ2v) is 16.9. The van der Waals surface area contributed by atoms with E-state index in [1.807, 2.05) is 50.2 Å². The van der Waals surface area contributed by atoms with Crippen molar-refractivity contribution in [1.82, 2.24) is 19.9 Å². The van der Waals surface area contributed by atoms with Crippen LogP contribution in [0.15, 0.2) is 71.6 Å². The number of nitrogens with zero attached hydrogens (tertiary/aromatic N) is 5. The highest BCUT2D eigenvalue weighted by Crippen LogP contribution is 2.42. The lowest BCUT2D eigenvalue weighted by atomic mass is 9.78. The Bertz CT molecular complexity index is 2040. The lowest BCUT2D eigenvalue weighted by Crippen LogP contribution is -2.62. The smallest absolute Gasteiger partial charge is 0.264 e. The van der Waals surface area contributed by atoms with Crippen LogP contribution in [-0.2, 0) is 21.3 Å². The summed E-state index contributed by atoms with van der Waals surface area (Å²) in [4.78, 5) is 33.0. The Balaban J connectivity index is 1.31. The number of amides is 1. The summed E-state index contributed by atoms with van der Waals surface area (Å²) in [6.07, 6.45) is 3.66.